The highest BCUT2D eigenvalue weighted by Crippen LogP contribution is 2.40. The van der Waals surface area contributed by atoms with Gasteiger partial charge >= 0.3 is 5.69 Å². The van der Waals surface area contributed by atoms with Crippen LogP contribution < -0.4 is 11.2 Å². The van der Waals surface area contributed by atoms with Crippen LogP contribution in [-0.2, 0) is 8.47 Å². The number of aliphatic hydroxyl groups excluding tert-OH is 3. The predicted octanol–water partition coefficient (Wildman–Crippen LogP) is -2.17. The average molecular weight is 388 g/mol. The van der Waals surface area contributed by atoms with Crippen LogP contribution in [0, 0.1) is 5.82 Å². The van der Waals surface area contributed by atoms with E-state index in [9.17, 15) is 24.2 Å². The van der Waals surface area contributed by atoms with Gasteiger partial charge < -0.3 is 20.1 Å². The molecule has 1 aliphatic heterocycles. The molecule has 106 valence electrons. The number of H-pyrrole nitrogens is 1. The first kappa shape index (κ1) is 14.6. The van der Waals surface area contributed by atoms with Crippen molar-refractivity contribution in [2.45, 2.75) is 22.0 Å². The number of nitrogens with zero attached hydrogens (tertiary/aromatic N) is 1. The Labute approximate surface area is 118 Å². The maximum Gasteiger partial charge on any atom is 0.331 e. The first-order valence-corrected chi connectivity index (χ1v) is 6.25. The molecule has 1 fully saturated rings. The smallest absolute Gasteiger partial charge is 0.331 e. The third-order valence-electron chi connectivity index (χ3n) is 2.79. The van der Waals surface area contributed by atoms with Gasteiger partial charge in [-0.05, 0) is 22.6 Å². The lowest BCUT2D eigenvalue weighted by Gasteiger charge is -2.27. The van der Waals surface area contributed by atoms with Crippen LogP contribution in [0.15, 0.2) is 15.8 Å². The van der Waals surface area contributed by atoms with Crippen molar-refractivity contribution in [2.24, 2.45) is 0 Å². The maximum atomic E-state index is 13.2. The first-order chi connectivity index (χ1) is 8.81. The van der Waals surface area contributed by atoms with Gasteiger partial charge in [-0.25, -0.2) is 4.79 Å². The lowest BCUT2D eigenvalue weighted by atomic mass is 10.1. The molecule has 0 saturated carbocycles. The van der Waals surface area contributed by atoms with Gasteiger partial charge in [0.15, 0.2) is 0 Å². The molecular weight excluding hydrogens is 378 g/mol. The summed E-state index contributed by atoms with van der Waals surface area (Å²) in [5.74, 6) is -1.24. The fraction of sp³-hybridized carbons (Fsp3) is 0.556. The highest BCUT2D eigenvalue weighted by Gasteiger charge is 2.54. The van der Waals surface area contributed by atoms with Gasteiger partial charge in [0.05, 0.1) is 12.8 Å². The molecule has 0 aromatic carbocycles. The summed E-state index contributed by atoms with van der Waals surface area (Å²) >= 11 is 1.50. The van der Waals surface area contributed by atoms with Crippen molar-refractivity contribution in [2.75, 3.05) is 6.61 Å². The summed E-state index contributed by atoms with van der Waals surface area (Å²) in [6.07, 6.45) is -3.60. The molecule has 8 nitrogen and oxygen atoms in total. The maximum absolute atomic E-state index is 13.2. The fourth-order valence-corrected chi connectivity index (χ4v) is 2.84. The topological polar surface area (TPSA) is 125 Å². The van der Waals surface area contributed by atoms with Crippen LogP contribution in [-0.4, -0.2) is 49.8 Å². The molecule has 0 radical (unpaired) electrons. The van der Waals surface area contributed by atoms with Crippen molar-refractivity contribution < 1.29 is 24.4 Å². The summed E-state index contributed by atoms with van der Waals surface area (Å²) in [5.41, 5.74) is -2.21. The molecule has 0 aliphatic carbocycles. The molecule has 1 aliphatic rings. The van der Waals surface area contributed by atoms with Crippen LogP contribution in [0.25, 0.3) is 0 Å². The highest BCUT2D eigenvalue weighted by molar-refractivity contribution is 14.1. The second-order valence-electron chi connectivity index (χ2n) is 3.99. The van der Waals surface area contributed by atoms with Crippen molar-refractivity contribution in [3.05, 3.63) is 32.9 Å². The molecular formula is C9H10FIN2O6. The number of nitrogens with one attached hydrogen (secondary N) is 1. The van der Waals surface area contributed by atoms with Crippen molar-refractivity contribution in [3.8, 4) is 0 Å². The highest BCUT2D eigenvalue weighted by atomic mass is 127. The van der Waals surface area contributed by atoms with Gasteiger partial charge in [-0.3, -0.25) is 14.3 Å². The Hall–Kier alpha value is -0.820. The monoisotopic (exact) mass is 388 g/mol. The van der Waals surface area contributed by atoms with E-state index in [1.54, 1.807) is 4.98 Å². The lowest BCUT2D eigenvalue weighted by molar-refractivity contribution is -0.0693. The second-order valence-corrected chi connectivity index (χ2v) is 5.54. The van der Waals surface area contributed by atoms with Crippen LogP contribution >= 0.6 is 22.6 Å². The fourth-order valence-electron chi connectivity index (χ4n) is 1.78. The molecule has 0 amide bonds. The van der Waals surface area contributed by atoms with Crippen molar-refractivity contribution in [1.82, 2.24) is 9.55 Å². The summed E-state index contributed by atoms with van der Waals surface area (Å²) in [6.45, 7) is -0.594. The number of rotatable bonds is 2. The Bertz CT molecular complexity index is 603. The molecule has 2 heterocycles. The number of aliphatic hydroxyl groups is 3. The summed E-state index contributed by atoms with van der Waals surface area (Å²) in [7, 11) is 0. The van der Waals surface area contributed by atoms with Gasteiger partial charge in [0, 0.05) is 0 Å². The number of hydrogen-bond acceptors (Lipinski definition) is 6. The molecule has 1 aromatic heterocycles. The normalized spacial score (nSPS) is 34.7. The van der Waals surface area contributed by atoms with E-state index >= 15 is 0 Å². The SMILES string of the molecule is O=c1[nH]c(=O)n([C@]2(I)O[C@H](CO)[C@@H](O)[C@H]2O)cc1F. The number of alkyl halides is 1. The lowest BCUT2D eigenvalue weighted by Crippen LogP contribution is -2.48. The molecule has 1 saturated heterocycles. The van der Waals surface area contributed by atoms with E-state index < -0.39 is 45.7 Å². The Morgan fingerprint density at radius 1 is 1.53 bits per heavy atom. The summed E-state index contributed by atoms with van der Waals surface area (Å²) < 4.78 is 17.2. The number of halogens is 2. The predicted molar refractivity (Wildman–Crippen MR) is 67.2 cm³/mol. The van der Waals surface area contributed by atoms with Crippen molar-refractivity contribution in [3.63, 3.8) is 0 Å². The minimum Gasteiger partial charge on any atom is -0.394 e. The van der Waals surface area contributed by atoms with Crippen molar-refractivity contribution >= 4 is 22.6 Å². The standard InChI is InChI=1S/C9H10FIN2O6/c10-3-1-13(8(18)12-7(3)17)9(11)6(16)5(15)4(2-14)19-9/h1,4-6,14-16H,2H2,(H,12,17,18)/t4-,5-,6-,9+/m1/s1. The molecule has 10 heteroatoms. The molecule has 19 heavy (non-hydrogen) atoms. The first-order valence-electron chi connectivity index (χ1n) is 5.17. The van der Waals surface area contributed by atoms with Crippen LogP contribution in [0.4, 0.5) is 4.39 Å². The molecule has 0 bridgehead atoms. The molecule has 0 spiro atoms. The number of aromatic nitrogens is 2. The van der Waals surface area contributed by atoms with E-state index in [-0.39, 0.29) is 0 Å². The number of hydrogen-bond donors (Lipinski definition) is 4. The van der Waals surface area contributed by atoms with Crippen LogP contribution in [0.5, 0.6) is 0 Å². The van der Waals surface area contributed by atoms with E-state index in [1.807, 2.05) is 0 Å². The average Bonchev–Trinajstić information content (AvgIpc) is 2.59. The summed E-state index contributed by atoms with van der Waals surface area (Å²) in [4.78, 5) is 24.3. The Balaban J connectivity index is 2.55. The van der Waals surface area contributed by atoms with E-state index in [4.69, 9.17) is 9.84 Å². The quantitative estimate of drug-likeness (QED) is 0.338. The van der Waals surface area contributed by atoms with Crippen molar-refractivity contribution in [1.29, 1.82) is 0 Å². The Morgan fingerprint density at radius 2 is 2.16 bits per heavy atom. The number of aromatic amines is 1. The molecule has 4 atom stereocenters. The zero-order valence-electron chi connectivity index (χ0n) is 9.29. The van der Waals surface area contributed by atoms with Crippen LogP contribution in [0.3, 0.4) is 0 Å². The third kappa shape index (κ3) is 2.23. The van der Waals surface area contributed by atoms with E-state index in [2.05, 4.69) is 0 Å². The number of ether oxygens (including phenoxy) is 1. The summed E-state index contributed by atoms with van der Waals surface area (Å²) in [5, 5.41) is 28.5. The van der Waals surface area contributed by atoms with Gasteiger partial charge in [0.25, 0.3) is 5.56 Å². The Kier molecular flexibility index (Phi) is 3.79. The van der Waals surface area contributed by atoms with E-state index in [0.717, 1.165) is 0 Å². The van der Waals surface area contributed by atoms with Gasteiger partial charge in [-0.2, -0.15) is 4.39 Å². The Morgan fingerprint density at radius 3 is 2.68 bits per heavy atom. The molecule has 2 rings (SSSR count). The zero-order valence-corrected chi connectivity index (χ0v) is 11.4. The summed E-state index contributed by atoms with van der Waals surface area (Å²) in [6, 6.07) is 0. The minimum absolute atomic E-state index is 0.573. The minimum atomic E-state index is -1.83. The van der Waals surface area contributed by atoms with Crippen LogP contribution in [0.2, 0.25) is 0 Å². The van der Waals surface area contributed by atoms with Gasteiger partial charge in [-0.15, -0.1) is 0 Å². The van der Waals surface area contributed by atoms with E-state index in [1.165, 1.54) is 22.6 Å². The second kappa shape index (κ2) is 4.94. The van der Waals surface area contributed by atoms with Crippen LogP contribution in [0.1, 0.15) is 0 Å². The molecule has 0 unspecified atom stereocenters. The molecule has 4 N–H and O–H groups in total. The zero-order chi connectivity index (χ0) is 14.4. The van der Waals surface area contributed by atoms with Gasteiger partial charge in [-0.1, -0.05) is 0 Å². The van der Waals surface area contributed by atoms with Gasteiger partial charge in [0.2, 0.25) is 9.55 Å². The largest absolute Gasteiger partial charge is 0.394 e. The third-order valence-corrected chi connectivity index (χ3v) is 4.21. The van der Waals surface area contributed by atoms with E-state index in [0.29, 0.717) is 10.8 Å². The molecule has 1 aromatic rings. The van der Waals surface area contributed by atoms with Gasteiger partial charge in [0.1, 0.15) is 18.3 Å².